The van der Waals surface area contributed by atoms with E-state index < -0.39 is 6.61 Å². The maximum absolute atomic E-state index is 12.0. The molecule has 2 N–H and O–H groups in total. The molecule has 1 aliphatic heterocycles. The van der Waals surface area contributed by atoms with Crippen LogP contribution in [0.15, 0.2) is 24.3 Å². The zero-order valence-corrected chi connectivity index (χ0v) is 13.8. The average Bonchev–Trinajstić information content (AvgIpc) is 2.55. The molecule has 24 heavy (non-hydrogen) atoms. The topological polar surface area (TPSA) is 59.6 Å². The van der Waals surface area contributed by atoms with Gasteiger partial charge in [0.2, 0.25) is 0 Å². The summed E-state index contributed by atoms with van der Waals surface area (Å²) in [6, 6.07) is 7.64. The van der Waals surface area contributed by atoms with E-state index in [1.807, 2.05) is 31.2 Å². The van der Waals surface area contributed by atoms with Crippen LogP contribution in [-0.4, -0.2) is 38.4 Å². The lowest BCUT2D eigenvalue weighted by atomic mass is 9.95. The maximum Gasteiger partial charge on any atom is 0.345 e. The highest BCUT2D eigenvalue weighted by Crippen LogP contribution is 2.28. The summed E-state index contributed by atoms with van der Waals surface area (Å²) in [5.41, 5.74) is 2.21. The number of nitrogens with one attached hydrogen (secondary N) is 2. The second kappa shape index (κ2) is 9.54. The monoisotopic (exact) mass is 342 g/mol. The predicted octanol–water partition coefficient (Wildman–Crippen LogP) is 3.14. The van der Waals surface area contributed by atoms with E-state index in [0.29, 0.717) is 13.0 Å². The Morgan fingerprint density at radius 1 is 1.38 bits per heavy atom. The molecule has 1 heterocycles. The van der Waals surface area contributed by atoms with Gasteiger partial charge in [0.05, 0.1) is 12.6 Å². The molecule has 0 radical (unpaired) electrons. The van der Waals surface area contributed by atoms with Crippen LogP contribution in [0.5, 0.6) is 0 Å². The molecule has 1 saturated heterocycles. The minimum absolute atomic E-state index is 0.0868. The first-order chi connectivity index (χ1) is 11.6. The molecule has 0 bridgehead atoms. The molecule has 1 aliphatic rings. The number of urea groups is 1. The smallest absolute Gasteiger partial charge is 0.345 e. The normalized spacial score (nSPS) is 20.8. The number of alkyl halides is 2. The van der Waals surface area contributed by atoms with Crippen LogP contribution in [0.25, 0.3) is 0 Å². The highest BCUT2D eigenvalue weighted by molar-refractivity contribution is 5.74. The van der Waals surface area contributed by atoms with Crippen LogP contribution < -0.4 is 10.6 Å². The SMILES string of the molecule is Cc1ccc([C@@H]2OCCC[C@@H]2NC(=O)NCCCOC(F)F)cc1. The van der Waals surface area contributed by atoms with Crippen LogP contribution in [0.4, 0.5) is 13.6 Å². The van der Waals surface area contributed by atoms with Gasteiger partial charge in [-0.3, -0.25) is 0 Å². The number of halogens is 2. The molecule has 2 atom stereocenters. The summed E-state index contributed by atoms with van der Waals surface area (Å²) in [4.78, 5) is 12.0. The van der Waals surface area contributed by atoms with E-state index in [1.54, 1.807) is 0 Å². The van der Waals surface area contributed by atoms with Gasteiger partial charge in [-0.15, -0.1) is 0 Å². The maximum atomic E-state index is 12.0. The van der Waals surface area contributed by atoms with Crippen molar-refractivity contribution in [2.24, 2.45) is 0 Å². The average molecular weight is 342 g/mol. The van der Waals surface area contributed by atoms with Crippen molar-refractivity contribution in [2.45, 2.75) is 44.9 Å². The molecule has 0 saturated carbocycles. The third-order valence-electron chi connectivity index (χ3n) is 3.90. The number of hydrogen-bond acceptors (Lipinski definition) is 3. The second-order valence-corrected chi connectivity index (χ2v) is 5.84. The zero-order valence-electron chi connectivity index (χ0n) is 13.8. The number of carbonyl (C=O) groups is 1. The van der Waals surface area contributed by atoms with Crippen LogP contribution in [0.1, 0.15) is 36.5 Å². The summed E-state index contributed by atoms with van der Waals surface area (Å²) in [5.74, 6) is 0. The number of aryl methyl sites for hydroxylation is 1. The van der Waals surface area contributed by atoms with E-state index in [4.69, 9.17) is 4.74 Å². The van der Waals surface area contributed by atoms with E-state index in [1.165, 1.54) is 5.56 Å². The minimum Gasteiger partial charge on any atom is -0.371 e. The van der Waals surface area contributed by atoms with Crippen LogP contribution in [-0.2, 0) is 9.47 Å². The van der Waals surface area contributed by atoms with E-state index >= 15 is 0 Å². The van der Waals surface area contributed by atoms with Crippen molar-refractivity contribution in [3.05, 3.63) is 35.4 Å². The Hall–Kier alpha value is -1.73. The lowest BCUT2D eigenvalue weighted by molar-refractivity contribution is -0.128. The molecule has 1 aromatic rings. The zero-order chi connectivity index (χ0) is 17.4. The van der Waals surface area contributed by atoms with E-state index in [0.717, 1.165) is 18.4 Å². The van der Waals surface area contributed by atoms with Gasteiger partial charge >= 0.3 is 12.6 Å². The summed E-state index contributed by atoms with van der Waals surface area (Å²) in [6.07, 6.45) is 1.88. The Morgan fingerprint density at radius 3 is 2.83 bits per heavy atom. The van der Waals surface area contributed by atoms with Crippen LogP contribution >= 0.6 is 0 Å². The highest BCUT2D eigenvalue weighted by atomic mass is 19.3. The number of rotatable bonds is 7. The minimum atomic E-state index is -2.77. The Kier molecular flexibility index (Phi) is 7.39. The fourth-order valence-corrected chi connectivity index (χ4v) is 2.68. The standard InChI is InChI=1S/C17H24F2N2O3/c1-12-5-7-13(8-6-12)15-14(4-2-10-23-15)21-17(22)20-9-3-11-24-16(18)19/h5-8,14-16H,2-4,9-11H2,1H3,(H2,20,21,22)/t14-,15-/m0/s1. The van der Waals surface area contributed by atoms with Crippen LogP contribution in [0.3, 0.4) is 0 Å². The molecule has 5 nitrogen and oxygen atoms in total. The largest absolute Gasteiger partial charge is 0.371 e. The predicted molar refractivity (Wildman–Crippen MR) is 86.0 cm³/mol. The quantitative estimate of drug-likeness (QED) is 0.749. The van der Waals surface area contributed by atoms with Crippen molar-refractivity contribution in [2.75, 3.05) is 19.8 Å². The number of benzene rings is 1. The Balaban J connectivity index is 1.80. The third kappa shape index (κ3) is 6.05. The van der Waals surface area contributed by atoms with Crippen molar-refractivity contribution in [1.29, 1.82) is 0 Å². The van der Waals surface area contributed by atoms with Gasteiger partial charge in [-0.05, 0) is 31.7 Å². The summed E-state index contributed by atoms with van der Waals surface area (Å²) in [6.45, 7) is 0.113. The Morgan fingerprint density at radius 2 is 2.12 bits per heavy atom. The van der Waals surface area contributed by atoms with E-state index in [-0.39, 0.29) is 31.3 Å². The highest BCUT2D eigenvalue weighted by Gasteiger charge is 2.28. The fraction of sp³-hybridized carbons (Fsp3) is 0.588. The molecule has 7 heteroatoms. The lowest BCUT2D eigenvalue weighted by Gasteiger charge is -2.32. The molecule has 1 aromatic carbocycles. The Labute approximate surface area is 140 Å². The van der Waals surface area contributed by atoms with Gasteiger partial charge in [0.25, 0.3) is 0 Å². The molecule has 0 aromatic heterocycles. The first-order valence-corrected chi connectivity index (χ1v) is 8.18. The molecular formula is C17H24F2N2O3. The van der Waals surface area contributed by atoms with Crippen molar-refractivity contribution >= 4 is 6.03 Å². The second-order valence-electron chi connectivity index (χ2n) is 5.84. The van der Waals surface area contributed by atoms with Gasteiger partial charge < -0.3 is 20.1 Å². The molecule has 0 spiro atoms. The number of amides is 2. The molecule has 0 unspecified atom stereocenters. The van der Waals surface area contributed by atoms with Gasteiger partial charge in [-0.25, -0.2) is 4.79 Å². The number of hydrogen-bond donors (Lipinski definition) is 2. The molecule has 134 valence electrons. The summed E-state index contributed by atoms with van der Waals surface area (Å²) >= 11 is 0. The number of ether oxygens (including phenoxy) is 2. The van der Waals surface area contributed by atoms with Crippen LogP contribution in [0.2, 0.25) is 0 Å². The molecule has 1 fully saturated rings. The van der Waals surface area contributed by atoms with Gasteiger partial charge in [0.1, 0.15) is 6.10 Å². The van der Waals surface area contributed by atoms with Crippen molar-refractivity contribution in [3.8, 4) is 0 Å². The molecular weight excluding hydrogens is 318 g/mol. The van der Waals surface area contributed by atoms with Gasteiger partial charge in [0, 0.05) is 13.2 Å². The molecule has 2 rings (SSSR count). The van der Waals surface area contributed by atoms with Gasteiger partial charge in [-0.2, -0.15) is 8.78 Å². The Bertz CT molecular complexity index is 511. The van der Waals surface area contributed by atoms with E-state index in [2.05, 4.69) is 15.4 Å². The number of carbonyl (C=O) groups excluding carboxylic acids is 1. The van der Waals surface area contributed by atoms with Crippen molar-refractivity contribution < 1.29 is 23.0 Å². The van der Waals surface area contributed by atoms with E-state index in [9.17, 15) is 13.6 Å². The van der Waals surface area contributed by atoms with Gasteiger partial charge in [0.15, 0.2) is 0 Å². The van der Waals surface area contributed by atoms with Crippen molar-refractivity contribution in [1.82, 2.24) is 10.6 Å². The van der Waals surface area contributed by atoms with Gasteiger partial charge in [-0.1, -0.05) is 29.8 Å². The fourth-order valence-electron chi connectivity index (χ4n) is 2.68. The summed E-state index contributed by atoms with van der Waals surface area (Å²) in [5, 5.41) is 5.57. The van der Waals surface area contributed by atoms with Crippen molar-refractivity contribution in [3.63, 3.8) is 0 Å². The lowest BCUT2D eigenvalue weighted by Crippen LogP contribution is -2.47. The first kappa shape index (κ1) is 18.6. The van der Waals surface area contributed by atoms with Crippen LogP contribution in [0, 0.1) is 6.92 Å². The molecule has 0 aliphatic carbocycles. The summed E-state index contributed by atoms with van der Waals surface area (Å²) < 4.78 is 33.6. The molecule has 2 amide bonds. The summed E-state index contributed by atoms with van der Waals surface area (Å²) in [7, 11) is 0. The first-order valence-electron chi connectivity index (χ1n) is 8.18. The third-order valence-corrected chi connectivity index (χ3v) is 3.90.